The van der Waals surface area contributed by atoms with Gasteiger partial charge in [0, 0.05) is 12.2 Å². The Balaban J connectivity index is 1.53. The first-order valence-corrected chi connectivity index (χ1v) is 8.07. The number of ether oxygens (including phenoxy) is 2. The van der Waals surface area contributed by atoms with E-state index < -0.39 is 0 Å². The first kappa shape index (κ1) is 16.2. The number of methoxy groups -OCH3 is 1. The molecule has 3 N–H and O–H groups in total. The number of nitrogen functional groups attached to an aromatic ring is 1. The Kier molecular flexibility index (Phi) is 4.89. The second kappa shape index (κ2) is 7.25. The summed E-state index contributed by atoms with van der Waals surface area (Å²) in [7, 11) is 1.63. The Morgan fingerprint density at radius 1 is 1.29 bits per heavy atom. The third-order valence-corrected chi connectivity index (χ3v) is 4.24. The highest BCUT2D eigenvalue weighted by Crippen LogP contribution is 2.30. The number of nitrogens with two attached hydrogens (primary N) is 1. The third kappa shape index (κ3) is 3.79. The lowest BCUT2D eigenvalue weighted by Crippen LogP contribution is -2.38. The molecule has 24 heavy (non-hydrogen) atoms. The molecule has 0 aliphatic carbocycles. The van der Waals surface area contributed by atoms with Crippen LogP contribution in [0.4, 0.5) is 5.69 Å². The van der Waals surface area contributed by atoms with Crippen LogP contribution < -0.4 is 20.5 Å². The Morgan fingerprint density at radius 2 is 2.08 bits per heavy atom. The van der Waals surface area contributed by atoms with Gasteiger partial charge in [0.05, 0.1) is 13.0 Å². The number of fused-ring (bicyclic) bond motifs is 1. The first-order valence-electron chi connectivity index (χ1n) is 8.07. The number of hydrogen-bond acceptors (Lipinski definition) is 4. The molecule has 0 radical (unpaired) electrons. The predicted octanol–water partition coefficient (Wildman–Crippen LogP) is 2.19. The van der Waals surface area contributed by atoms with Crippen molar-refractivity contribution in [1.82, 2.24) is 5.32 Å². The van der Waals surface area contributed by atoms with Gasteiger partial charge in [-0.25, -0.2) is 0 Å². The van der Waals surface area contributed by atoms with Crippen molar-refractivity contribution in [3.05, 3.63) is 53.6 Å². The fourth-order valence-corrected chi connectivity index (χ4v) is 2.82. The van der Waals surface area contributed by atoms with E-state index in [1.165, 1.54) is 0 Å². The lowest BCUT2D eigenvalue weighted by molar-refractivity contribution is -0.126. The number of carbonyl (C=O) groups excluding carboxylic acids is 1. The molecule has 1 unspecified atom stereocenters. The van der Waals surface area contributed by atoms with Crippen molar-refractivity contribution in [2.24, 2.45) is 5.92 Å². The van der Waals surface area contributed by atoms with E-state index in [1.54, 1.807) is 7.11 Å². The predicted molar refractivity (Wildman–Crippen MR) is 93.3 cm³/mol. The number of rotatable bonds is 5. The maximum absolute atomic E-state index is 12.4. The fraction of sp³-hybridized carbons (Fsp3) is 0.316. The van der Waals surface area contributed by atoms with Crippen molar-refractivity contribution in [3.63, 3.8) is 0 Å². The van der Waals surface area contributed by atoms with Gasteiger partial charge in [-0.15, -0.1) is 0 Å². The largest absolute Gasteiger partial charge is 0.497 e. The summed E-state index contributed by atoms with van der Waals surface area (Å²) < 4.78 is 10.9. The Morgan fingerprint density at radius 3 is 2.83 bits per heavy atom. The van der Waals surface area contributed by atoms with Crippen LogP contribution in [0.3, 0.4) is 0 Å². The molecule has 2 aromatic rings. The van der Waals surface area contributed by atoms with Crippen LogP contribution in [0.1, 0.15) is 11.1 Å². The normalized spacial score (nSPS) is 16.0. The minimum Gasteiger partial charge on any atom is -0.497 e. The molecule has 126 valence electrons. The smallest absolute Gasteiger partial charge is 0.226 e. The zero-order valence-corrected chi connectivity index (χ0v) is 13.7. The molecule has 1 aliphatic heterocycles. The Labute approximate surface area is 141 Å². The lowest BCUT2D eigenvalue weighted by atomic mass is 9.95. The third-order valence-electron chi connectivity index (χ3n) is 4.24. The Bertz CT molecular complexity index is 713. The zero-order chi connectivity index (χ0) is 16.9. The first-order chi connectivity index (χ1) is 11.7. The van der Waals surface area contributed by atoms with E-state index in [-0.39, 0.29) is 11.8 Å². The maximum Gasteiger partial charge on any atom is 0.226 e. The van der Waals surface area contributed by atoms with E-state index in [4.69, 9.17) is 15.2 Å². The van der Waals surface area contributed by atoms with Crippen molar-refractivity contribution >= 4 is 11.6 Å². The molecule has 5 heteroatoms. The summed E-state index contributed by atoms with van der Waals surface area (Å²) in [6.07, 6.45) is 1.45. The van der Waals surface area contributed by atoms with E-state index in [1.807, 2.05) is 42.5 Å². The minimum absolute atomic E-state index is 0.0268. The van der Waals surface area contributed by atoms with Crippen LogP contribution in [0.15, 0.2) is 42.5 Å². The molecule has 1 aliphatic rings. The van der Waals surface area contributed by atoms with Crippen molar-refractivity contribution in [3.8, 4) is 11.5 Å². The molecule has 1 heterocycles. The number of benzene rings is 2. The molecule has 2 aromatic carbocycles. The summed E-state index contributed by atoms with van der Waals surface area (Å²) in [5, 5.41) is 2.99. The van der Waals surface area contributed by atoms with Gasteiger partial charge in [-0.05, 0) is 54.3 Å². The van der Waals surface area contributed by atoms with E-state index in [9.17, 15) is 4.79 Å². The summed E-state index contributed by atoms with van der Waals surface area (Å²) in [4.78, 5) is 12.4. The molecule has 0 spiro atoms. The van der Waals surface area contributed by atoms with Gasteiger partial charge in [-0.3, -0.25) is 4.79 Å². The molecule has 1 atom stereocenters. The average molecular weight is 326 g/mol. The van der Waals surface area contributed by atoms with Crippen LogP contribution in [0, 0.1) is 5.92 Å². The molecular weight excluding hydrogens is 304 g/mol. The summed E-state index contributed by atoms with van der Waals surface area (Å²) in [5.41, 5.74) is 8.58. The molecule has 1 amide bonds. The van der Waals surface area contributed by atoms with Gasteiger partial charge < -0.3 is 20.5 Å². The van der Waals surface area contributed by atoms with Crippen LogP contribution in [0.5, 0.6) is 11.5 Å². The molecule has 0 saturated heterocycles. The molecule has 5 nitrogen and oxygen atoms in total. The van der Waals surface area contributed by atoms with Gasteiger partial charge in [0.1, 0.15) is 18.1 Å². The molecule has 0 bridgehead atoms. The topological polar surface area (TPSA) is 73.6 Å². The van der Waals surface area contributed by atoms with E-state index in [0.717, 1.165) is 34.7 Å². The quantitative estimate of drug-likeness (QED) is 0.826. The number of carbonyl (C=O) groups is 1. The van der Waals surface area contributed by atoms with Crippen molar-refractivity contribution in [1.29, 1.82) is 0 Å². The summed E-state index contributed by atoms with van der Waals surface area (Å²) in [6.45, 7) is 1.01. The van der Waals surface area contributed by atoms with E-state index in [2.05, 4.69) is 5.32 Å². The number of hydrogen-bond donors (Lipinski definition) is 2. The highest BCUT2D eigenvalue weighted by atomic mass is 16.5. The van der Waals surface area contributed by atoms with Gasteiger partial charge in [0.25, 0.3) is 0 Å². The van der Waals surface area contributed by atoms with Crippen LogP contribution >= 0.6 is 0 Å². The second-order valence-corrected chi connectivity index (χ2v) is 5.97. The minimum atomic E-state index is -0.170. The molecule has 0 fully saturated rings. The van der Waals surface area contributed by atoms with Crippen molar-refractivity contribution < 1.29 is 14.3 Å². The number of anilines is 1. The van der Waals surface area contributed by atoms with Gasteiger partial charge in [-0.2, -0.15) is 0 Å². The summed E-state index contributed by atoms with van der Waals surface area (Å²) in [6, 6.07) is 13.4. The maximum atomic E-state index is 12.4. The second-order valence-electron chi connectivity index (χ2n) is 5.97. The molecule has 0 aromatic heterocycles. The van der Waals surface area contributed by atoms with E-state index >= 15 is 0 Å². The monoisotopic (exact) mass is 326 g/mol. The molecular formula is C19H22N2O3. The lowest BCUT2D eigenvalue weighted by Gasteiger charge is -2.25. The SMILES string of the molecule is COc1ccc2c(c1)CC(C(=O)NCCc1ccc(N)cc1)CO2. The summed E-state index contributed by atoms with van der Waals surface area (Å²) >= 11 is 0. The molecule has 3 rings (SSSR count). The zero-order valence-electron chi connectivity index (χ0n) is 13.7. The fourth-order valence-electron chi connectivity index (χ4n) is 2.82. The Hall–Kier alpha value is -2.69. The van der Waals surface area contributed by atoms with Crippen LogP contribution in [-0.4, -0.2) is 26.2 Å². The van der Waals surface area contributed by atoms with Crippen LogP contribution in [-0.2, 0) is 17.6 Å². The van der Waals surface area contributed by atoms with E-state index in [0.29, 0.717) is 19.6 Å². The number of amides is 1. The summed E-state index contributed by atoms with van der Waals surface area (Å²) in [5.74, 6) is 1.47. The van der Waals surface area contributed by atoms with Crippen molar-refractivity contribution in [2.45, 2.75) is 12.8 Å². The van der Waals surface area contributed by atoms with Crippen LogP contribution in [0.2, 0.25) is 0 Å². The standard InChI is InChI=1S/C19H22N2O3/c1-23-17-6-7-18-14(11-17)10-15(12-24-18)19(22)21-9-8-13-2-4-16(20)5-3-13/h2-7,11,15H,8-10,12,20H2,1H3,(H,21,22). The van der Waals surface area contributed by atoms with Gasteiger partial charge in [-0.1, -0.05) is 12.1 Å². The molecule has 0 saturated carbocycles. The van der Waals surface area contributed by atoms with Crippen molar-refractivity contribution in [2.75, 3.05) is 26.0 Å². The van der Waals surface area contributed by atoms with Gasteiger partial charge in [0.15, 0.2) is 0 Å². The average Bonchev–Trinajstić information content (AvgIpc) is 2.62. The van der Waals surface area contributed by atoms with Gasteiger partial charge in [0.2, 0.25) is 5.91 Å². The van der Waals surface area contributed by atoms with Gasteiger partial charge >= 0.3 is 0 Å². The highest BCUT2D eigenvalue weighted by molar-refractivity contribution is 5.79. The highest BCUT2D eigenvalue weighted by Gasteiger charge is 2.26. The van der Waals surface area contributed by atoms with Crippen LogP contribution in [0.25, 0.3) is 0 Å². The number of nitrogens with one attached hydrogen (secondary N) is 1.